The van der Waals surface area contributed by atoms with E-state index in [9.17, 15) is 13.2 Å². The molecule has 21 heavy (non-hydrogen) atoms. The van der Waals surface area contributed by atoms with E-state index in [-0.39, 0.29) is 24.5 Å². The first-order chi connectivity index (χ1) is 9.88. The van der Waals surface area contributed by atoms with E-state index in [2.05, 4.69) is 11.9 Å². The van der Waals surface area contributed by atoms with Crippen LogP contribution >= 0.6 is 0 Å². The third-order valence-electron chi connectivity index (χ3n) is 2.56. The molecule has 1 rings (SSSR count). The maximum atomic E-state index is 11.2. The standard InChI is InChI=1S/C13H17NO6S/c1-2-13(16)20-8-6-14-11-3-4-12(21(17,18)19)10(9-11)5-7-15/h2-4,9,14-15H,1,5-8H2,(H,17,18,19). The summed E-state index contributed by atoms with van der Waals surface area (Å²) in [7, 11) is -4.33. The van der Waals surface area contributed by atoms with E-state index < -0.39 is 16.1 Å². The first-order valence-corrected chi connectivity index (χ1v) is 7.57. The summed E-state index contributed by atoms with van der Waals surface area (Å²) >= 11 is 0. The molecular weight excluding hydrogens is 298 g/mol. The van der Waals surface area contributed by atoms with Gasteiger partial charge in [0.15, 0.2) is 0 Å². The number of aliphatic hydroxyl groups is 1. The van der Waals surface area contributed by atoms with Crippen LogP contribution < -0.4 is 5.32 Å². The highest BCUT2D eigenvalue weighted by Gasteiger charge is 2.15. The zero-order valence-electron chi connectivity index (χ0n) is 11.3. The summed E-state index contributed by atoms with van der Waals surface area (Å²) in [6, 6.07) is 4.23. The Labute approximate surface area is 123 Å². The van der Waals surface area contributed by atoms with Crippen LogP contribution in [0.3, 0.4) is 0 Å². The van der Waals surface area contributed by atoms with Crippen LogP contribution in [0.15, 0.2) is 35.7 Å². The van der Waals surface area contributed by atoms with Crippen molar-refractivity contribution in [2.45, 2.75) is 11.3 Å². The van der Waals surface area contributed by atoms with Gasteiger partial charge >= 0.3 is 5.97 Å². The predicted molar refractivity (Wildman–Crippen MR) is 76.7 cm³/mol. The highest BCUT2D eigenvalue weighted by atomic mass is 32.2. The molecule has 1 aromatic carbocycles. The van der Waals surface area contributed by atoms with E-state index in [1.165, 1.54) is 18.2 Å². The number of anilines is 1. The molecule has 0 aliphatic heterocycles. The molecule has 0 heterocycles. The summed E-state index contributed by atoms with van der Waals surface area (Å²) in [5.41, 5.74) is 0.883. The molecule has 8 heteroatoms. The summed E-state index contributed by atoms with van der Waals surface area (Å²) in [4.78, 5) is 10.6. The third-order valence-corrected chi connectivity index (χ3v) is 3.52. The average molecular weight is 315 g/mol. The van der Waals surface area contributed by atoms with Crippen LogP contribution in [-0.2, 0) is 26.1 Å². The number of rotatable bonds is 8. The number of aliphatic hydroxyl groups excluding tert-OH is 1. The first-order valence-electron chi connectivity index (χ1n) is 6.13. The Bertz CT molecular complexity index is 611. The Morgan fingerprint density at radius 1 is 1.43 bits per heavy atom. The quantitative estimate of drug-likeness (QED) is 0.279. The second kappa shape index (κ2) is 7.77. The first kappa shape index (κ1) is 17.2. The van der Waals surface area contributed by atoms with E-state index in [1.807, 2.05) is 0 Å². The highest BCUT2D eigenvalue weighted by molar-refractivity contribution is 7.85. The van der Waals surface area contributed by atoms with Crippen molar-refractivity contribution >= 4 is 21.8 Å². The predicted octanol–water partition coefficient (Wildman–Crippen LogP) is 0.609. The number of hydrogen-bond acceptors (Lipinski definition) is 6. The van der Waals surface area contributed by atoms with Crippen molar-refractivity contribution in [1.82, 2.24) is 0 Å². The van der Waals surface area contributed by atoms with E-state index in [4.69, 9.17) is 14.4 Å². The Morgan fingerprint density at radius 2 is 2.14 bits per heavy atom. The van der Waals surface area contributed by atoms with Crippen LogP contribution in [0, 0.1) is 0 Å². The van der Waals surface area contributed by atoms with Gasteiger partial charge in [0, 0.05) is 24.9 Å². The Morgan fingerprint density at radius 3 is 2.71 bits per heavy atom. The van der Waals surface area contributed by atoms with E-state index in [0.29, 0.717) is 17.8 Å². The van der Waals surface area contributed by atoms with Gasteiger partial charge in [-0.05, 0) is 30.2 Å². The lowest BCUT2D eigenvalue weighted by molar-refractivity contribution is -0.137. The molecule has 0 radical (unpaired) electrons. The van der Waals surface area contributed by atoms with Gasteiger partial charge in [-0.2, -0.15) is 8.42 Å². The zero-order chi connectivity index (χ0) is 15.9. The molecule has 0 bridgehead atoms. The van der Waals surface area contributed by atoms with Crippen molar-refractivity contribution in [3.63, 3.8) is 0 Å². The van der Waals surface area contributed by atoms with Crippen molar-refractivity contribution in [1.29, 1.82) is 0 Å². The molecular formula is C13H17NO6S. The molecule has 3 N–H and O–H groups in total. The number of esters is 1. The van der Waals surface area contributed by atoms with Crippen LogP contribution in [0.1, 0.15) is 5.56 Å². The van der Waals surface area contributed by atoms with Crippen molar-refractivity contribution in [3.05, 3.63) is 36.4 Å². The van der Waals surface area contributed by atoms with Crippen molar-refractivity contribution < 1.29 is 27.6 Å². The van der Waals surface area contributed by atoms with Crippen molar-refractivity contribution in [3.8, 4) is 0 Å². The fraction of sp³-hybridized carbons (Fsp3) is 0.308. The van der Waals surface area contributed by atoms with E-state index in [0.717, 1.165) is 6.08 Å². The van der Waals surface area contributed by atoms with Crippen LogP contribution in [0.25, 0.3) is 0 Å². The lowest BCUT2D eigenvalue weighted by Gasteiger charge is -2.11. The fourth-order valence-electron chi connectivity index (χ4n) is 1.66. The molecule has 0 saturated heterocycles. The van der Waals surface area contributed by atoms with Gasteiger partial charge in [0.25, 0.3) is 10.1 Å². The van der Waals surface area contributed by atoms with Gasteiger partial charge in [-0.15, -0.1) is 0 Å². The Kier molecular flexibility index (Phi) is 6.35. The summed E-state index contributed by atoms with van der Waals surface area (Å²) in [6.45, 7) is 3.46. The minimum atomic E-state index is -4.33. The number of hydrogen-bond donors (Lipinski definition) is 3. The van der Waals surface area contributed by atoms with Gasteiger partial charge < -0.3 is 15.2 Å². The lowest BCUT2D eigenvalue weighted by atomic mass is 10.1. The van der Waals surface area contributed by atoms with E-state index in [1.54, 1.807) is 0 Å². The van der Waals surface area contributed by atoms with Gasteiger partial charge in [0.2, 0.25) is 0 Å². The molecule has 0 unspecified atom stereocenters. The second-order valence-corrected chi connectivity index (χ2v) is 5.46. The molecule has 0 saturated carbocycles. The number of nitrogens with one attached hydrogen (secondary N) is 1. The summed E-state index contributed by atoms with van der Waals surface area (Å²) in [5.74, 6) is -0.528. The van der Waals surface area contributed by atoms with Crippen molar-refractivity contribution in [2.75, 3.05) is 25.1 Å². The van der Waals surface area contributed by atoms with Crippen LogP contribution in [0.4, 0.5) is 5.69 Å². The molecule has 0 spiro atoms. The monoisotopic (exact) mass is 315 g/mol. The number of carbonyl (C=O) groups excluding carboxylic acids is 1. The van der Waals surface area contributed by atoms with Crippen molar-refractivity contribution in [2.24, 2.45) is 0 Å². The largest absolute Gasteiger partial charge is 0.461 e. The van der Waals surface area contributed by atoms with Crippen LogP contribution in [0.2, 0.25) is 0 Å². The zero-order valence-corrected chi connectivity index (χ0v) is 12.1. The topological polar surface area (TPSA) is 113 Å². The van der Waals surface area contributed by atoms with Gasteiger partial charge in [0.05, 0.1) is 4.90 Å². The number of carbonyl (C=O) groups is 1. The molecule has 0 aliphatic carbocycles. The number of ether oxygens (including phenoxy) is 1. The normalized spacial score (nSPS) is 11.0. The third kappa shape index (κ3) is 5.54. The minimum absolute atomic E-state index is 0.0933. The van der Waals surface area contributed by atoms with Gasteiger partial charge in [-0.3, -0.25) is 4.55 Å². The minimum Gasteiger partial charge on any atom is -0.461 e. The highest BCUT2D eigenvalue weighted by Crippen LogP contribution is 2.20. The van der Waals surface area contributed by atoms with Crippen LogP contribution in [0.5, 0.6) is 0 Å². The fourth-order valence-corrected chi connectivity index (χ4v) is 2.40. The molecule has 1 aromatic rings. The summed E-state index contributed by atoms with van der Waals surface area (Å²) in [5, 5.41) is 11.9. The average Bonchev–Trinajstić information content (AvgIpc) is 2.42. The summed E-state index contributed by atoms with van der Waals surface area (Å²) in [6.07, 6.45) is 1.15. The van der Waals surface area contributed by atoms with Gasteiger partial charge in [-0.25, -0.2) is 4.79 Å². The molecule has 0 atom stereocenters. The molecule has 0 amide bonds. The number of benzene rings is 1. The summed E-state index contributed by atoms with van der Waals surface area (Å²) < 4.78 is 36.3. The smallest absolute Gasteiger partial charge is 0.330 e. The van der Waals surface area contributed by atoms with E-state index >= 15 is 0 Å². The molecule has 0 aliphatic rings. The maximum Gasteiger partial charge on any atom is 0.330 e. The van der Waals surface area contributed by atoms with Crippen LogP contribution in [-0.4, -0.2) is 43.8 Å². The lowest BCUT2D eigenvalue weighted by Crippen LogP contribution is -2.13. The molecule has 116 valence electrons. The molecule has 0 aromatic heterocycles. The Balaban J connectivity index is 2.75. The molecule has 0 fully saturated rings. The SMILES string of the molecule is C=CC(=O)OCCNc1ccc(S(=O)(=O)O)c(CCO)c1. The Hall–Kier alpha value is -1.90. The van der Waals surface area contributed by atoms with Gasteiger partial charge in [-0.1, -0.05) is 6.58 Å². The maximum absolute atomic E-state index is 11.2. The van der Waals surface area contributed by atoms with Gasteiger partial charge in [0.1, 0.15) is 6.61 Å². The molecule has 7 nitrogen and oxygen atoms in total. The second-order valence-electron chi connectivity index (χ2n) is 4.07.